The minimum absolute atomic E-state index is 0.500. The zero-order valence-electron chi connectivity index (χ0n) is 10.8. The fraction of sp³-hybridized carbons (Fsp3) is 0.462. The van der Waals surface area contributed by atoms with Gasteiger partial charge in [0.25, 0.3) is 0 Å². The van der Waals surface area contributed by atoms with Crippen LogP contribution in [0, 0.1) is 5.41 Å². The van der Waals surface area contributed by atoms with E-state index in [0.717, 1.165) is 24.4 Å². The molecule has 0 bridgehead atoms. The summed E-state index contributed by atoms with van der Waals surface area (Å²) < 4.78 is 1.70. The van der Waals surface area contributed by atoms with Gasteiger partial charge in [-0.25, -0.2) is 9.50 Å². The number of hydrogen-bond acceptors (Lipinski definition) is 4. The van der Waals surface area contributed by atoms with Gasteiger partial charge in [-0.2, -0.15) is 5.10 Å². The molecule has 2 aromatic rings. The first-order valence-corrected chi connectivity index (χ1v) is 6.37. The summed E-state index contributed by atoms with van der Waals surface area (Å²) in [6.07, 6.45) is 5.14. The van der Waals surface area contributed by atoms with Gasteiger partial charge in [0.15, 0.2) is 5.65 Å². The molecule has 19 heavy (non-hydrogen) atoms. The van der Waals surface area contributed by atoms with E-state index in [9.17, 15) is 9.90 Å². The third kappa shape index (κ3) is 2.03. The number of hydrogen-bond donors (Lipinski definition) is 1. The summed E-state index contributed by atoms with van der Waals surface area (Å²) >= 11 is 0. The van der Waals surface area contributed by atoms with E-state index in [1.165, 1.54) is 0 Å². The van der Waals surface area contributed by atoms with E-state index < -0.39 is 11.4 Å². The zero-order valence-corrected chi connectivity index (χ0v) is 10.8. The quantitative estimate of drug-likeness (QED) is 0.884. The smallest absolute Gasteiger partial charge is 0.311 e. The molecule has 3 rings (SSSR count). The second-order valence-electron chi connectivity index (χ2n) is 5.31. The minimum atomic E-state index is -0.734. The molecule has 0 spiro atoms. The fourth-order valence-electron chi connectivity index (χ4n) is 2.59. The molecule has 1 unspecified atom stereocenters. The SMILES string of the molecule is CC1(C(=O)O)CCCN(c2ccn3nccc3n2)C1. The summed E-state index contributed by atoms with van der Waals surface area (Å²) in [5.74, 6) is 0.0859. The summed E-state index contributed by atoms with van der Waals surface area (Å²) in [5, 5.41) is 13.4. The molecular formula is C13H16N4O2. The van der Waals surface area contributed by atoms with Crippen molar-refractivity contribution < 1.29 is 9.90 Å². The number of piperidine rings is 1. The van der Waals surface area contributed by atoms with Crippen LogP contribution in [-0.2, 0) is 4.79 Å². The number of rotatable bonds is 2. The topological polar surface area (TPSA) is 70.7 Å². The zero-order chi connectivity index (χ0) is 13.5. The highest BCUT2D eigenvalue weighted by Gasteiger charge is 2.38. The molecule has 1 saturated heterocycles. The van der Waals surface area contributed by atoms with Crippen LogP contribution in [0.15, 0.2) is 24.5 Å². The third-order valence-corrected chi connectivity index (χ3v) is 3.78. The maximum absolute atomic E-state index is 11.4. The molecule has 2 aromatic heterocycles. The predicted molar refractivity (Wildman–Crippen MR) is 70.2 cm³/mol. The molecule has 1 atom stereocenters. The normalized spacial score (nSPS) is 23.7. The Balaban J connectivity index is 1.90. The van der Waals surface area contributed by atoms with Gasteiger partial charge in [0.2, 0.25) is 0 Å². The monoisotopic (exact) mass is 260 g/mol. The van der Waals surface area contributed by atoms with E-state index in [-0.39, 0.29) is 0 Å². The van der Waals surface area contributed by atoms with Crippen molar-refractivity contribution in [2.45, 2.75) is 19.8 Å². The molecule has 6 nitrogen and oxygen atoms in total. The lowest BCUT2D eigenvalue weighted by Gasteiger charge is -2.38. The van der Waals surface area contributed by atoms with Crippen LogP contribution in [0.2, 0.25) is 0 Å². The van der Waals surface area contributed by atoms with Crippen molar-refractivity contribution in [3.05, 3.63) is 24.5 Å². The Kier molecular flexibility index (Phi) is 2.66. The van der Waals surface area contributed by atoms with Crippen LogP contribution in [0.4, 0.5) is 5.82 Å². The number of carbonyl (C=O) groups is 1. The van der Waals surface area contributed by atoms with Gasteiger partial charge in [0.05, 0.1) is 11.6 Å². The number of nitrogens with zero attached hydrogens (tertiary/aromatic N) is 4. The highest BCUT2D eigenvalue weighted by molar-refractivity contribution is 5.75. The maximum atomic E-state index is 11.4. The minimum Gasteiger partial charge on any atom is -0.481 e. The molecule has 0 radical (unpaired) electrons. The Bertz CT molecular complexity index is 624. The van der Waals surface area contributed by atoms with Crippen molar-refractivity contribution in [3.63, 3.8) is 0 Å². The van der Waals surface area contributed by atoms with Crippen LogP contribution in [0.5, 0.6) is 0 Å². The Morgan fingerprint density at radius 3 is 3.11 bits per heavy atom. The number of carboxylic acids is 1. The number of anilines is 1. The van der Waals surface area contributed by atoms with Crippen molar-refractivity contribution in [2.24, 2.45) is 5.41 Å². The molecule has 0 aromatic carbocycles. The number of aromatic nitrogens is 3. The first kappa shape index (κ1) is 12.0. The van der Waals surface area contributed by atoms with Gasteiger partial charge in [-0.05, 0) is 25.8 Å². The first-order chi connectivity index (χ1) is 9.08. The molecule has 100 valence electrons. The van der Waals surface area contributed by atoms with E-state index in [4.69, 9.17) is 0 Å². The molecule has 6 heteroatoms. The van der Waals surface area contributed by atoms with Gasteiger partial charge in [0, 0.05) is 25.4 Å². The number of aliphatic carboxylic acids is 1. The number of fused-ring (bicyclic) bond motifs is 1. The van der Waals surface area contributed by atoms with Crippen molar-refractivity contribution in [2.75, 3.05) is 18.0 Å². The van der Waals surface area contributed by atoms with Crippen molar-refractivity contribution in [1.82, 2.24) is 14.6 Å². The van der Waals surface area contributed by atoms with Gasteiger partial charge in [-0.15, -0.1) is 0 Å². The second kappa shape index (κ2) is 4.22. The standard InChI is InChI=1S/C13H16N4O2/c1-13(12(18)19)5-2-7-16(9-13)10-4-8-17-11(15-10)3-6-14-17/h3-4,6,8H,2,5,7,9H2,1H3,(H,18,19). The van der Waals surface area contributed by atoms with Crippen LogP contribution in [-0.4, -0.2) is 38.8 Å². The summed E-state index contributed by atoms with van der Waals surface area (Å²) in [5.41, 5.74) is 0.0897. The van der Waals surface area contributed by atoms with Gasteiger partial charge >= 0.3 is 5.97 Å². The van der Waals surface area contributed by atoms with E-state index in [2.05, 4.69) is 10.1 Å². The van der Waals surface area contributed by atoms with Gasteiger partial charge < -0.3 is 10.0 Å². The summed E-state index contributed by atoms with van der Waals surface area (Å²) in [6, 6.07) is 3.72. The molecule has 0 aliphatic carbocycles. The van der Waals surface area contributed by atoms with Gasteiger partial charge in [-0.1, -0.05) is 0 Å². The van der Waals surface area contributed by atoms with Gasteiger partial charge in [-0.3, -0.25) is 4.79 Å². The van der Waals surface area contributed by atoms with Gasteiger partial charge in [0.1, 0.15) is 5.82 Å². The van der Waals surface area contributed by atoms with Crippen molar-refractivity contribution >= 4 is 17.4 Å². The molecular weight excluding hydrogens is 244 g/mol. The van der Waals surface area contributed by atoms with E-state index >= 15 is 0 Å². The van der Waals surface area contributed by atoms with Crippen LogP contribution >= 0.6 is 0 Å². The lowest BCUT2D eigenvalue weighted by molar-refractivity contribution is -0.148. The second-order valence-corrected chi connectivity index (χ2v) is 5.31. The first-order valence-electron chi connectivity index (χ1n) is 6.37. The molecule has 1 fully saturated rings. The molecule has 0 saturated carbocycles. The Labute approximate surface area is 110 Å². The predicted octanol–water partition coefficient (Wildman–Crippen LogP) is 1.42. The lowest BCUT2D eigenvalue weighted by Crippen LogP contribution is -2.46. The van der Waals surface area contributed by atoms with Crippen LogP contribution in [0.3, 0.4) is 0 Å². The Morgan fingerprint density at radius 2 is 2.32 bits per heavy atom. The maximum Gasteiger partial charge on any atom is 0.311 e. The van der Waals surface area contributed by atoms with Crippen molar-refractivity contribution in [3.8, 4) is 0 Å². The highest BCUT2D eigenvalue weighted by Crippen LogP contribution is 2.31. The summed E-state index contributed by atoms with van der Waals surface area (Å²) in [4.78, 5) is 17.9. The molecule has 1 aliphatic rings. The fourth-order valence-corrected chi connectivity index (χ4v) is 2.59. The molecule has 0 amide bonds. The Hall–Kier alpha value is -2.11. The van der Waals surface area contributed by atoms with Crippen molar-refractivity contribution in [1.29, 1.82) is 0 Å². The van der Waals surface area contributed by atoms with Crippen LogP contribution < -0.4 is 4.90 Å². The van der Waals surface area contributed by atoms with E-state index in [0.29, 0.717) is 13.0 Å². The van der Waals surface area contributed by atoms with E-state index in [1.54, 1.807) is 17.6 Å². The number of carboxylic acid groups (broad SMARTS) is 1. The third-order valence-electron chi connectivity index (χ3n) is 3.78. The van der Waals surface area contributed by atoms with E-state index in [1.807, 2.05) is 23.2 Å². The summed E-state index contributed by atoms with van der Waals surface area (Å²) in [6.45, 7) is 3.15. The molecule has 1 aliphatic heterocycles. The lowest BCUT2D eigenvalue weighted by atomic mass is 9.82. The largest absolute Gasteiger partial charge is 0.481 e. The van der Waals surface area contributed by atoms with Crippen LogP contribution in [0.25, 0.3) is 5.65 Å². The van der Waals surface area contributed by atoms with Crippen LogP contribution in [0.1, 0.15) is 19.8 Å². The average molecular weight is 260 g/mol. The Morgan fingerprint density at radius 1 is 1.47 bits per heavy atom. The average Bonchev–Trinajstić information content (AvgIpc) is 2.85. The molecule has 1 N–H and O–H groups in total. The molecule has 3 heterocycles. The highest BCUT2D eigenvalue weighted by atomic mass is 16.4. The summed E-state index contributed by atoms with van der Waals surface area (Å²) in [7, 11) is 0.